The lowest BCUT2D eigenvalue weighted by molar-refractivity contribution is -0.155. The van der Waals surface area contributed by atoms with Gasteiger partial charge in [0.25, 0.3) is 0 Å². The van der Waals surface area contributed by atoms with Gasteiger partial charge < -0.3 is 25.4 Å². The first-order chi connectivity index (χ1) is 5.70. The SMILES string of the molecule is OC1[C@@H](O)[C@H]2COC[C@H](N2)[C@H]1O. The Morgan fingerprint density at radius 1 is 0.917 bits per heavy atom. The second-order valence-electron chi connectivity index (χ2n) is 3.39. The van der Waals surface area contributed by atoms with Crippen molar-refractivity contribution >= 4 is 0 Å². The topological polar surface area (TPSA) is 82.0 Å². The molecule has 2 heterocycles. The molecule has 0 aromatic carbocycles. The largest absolute Gasteiger partial charge is 0.389 e. The number of aliphatic hydroxyl groups is 3. The van der Waals surface area contributed by atoms with Crippen LogP contribution < -0.4 is 5.32 Å². The van der Waals surface area contributed by atoms with E-state index in [1.54, 1.807) is 0 Å². The molecule has 2 fully saturated rings. The fourth-order valence-electron chi connectivity index (χ4n) is 1.77. The molecule has 4 N–H and O–H groups in total. The van der Waals surface area contributed by atoms with Crippen molar-refractivity contribution < 1.29 is 20.1 Å². The third-order valence-electron chi connectivity index (χ3n) is 2.55. The Hall–Kier alpha value is -0.200. The van der Waals surface area contributed by atoms with Gasteiger partial charge in [-0.25, -0.2) is 0 Å². The molecule has 2 saturated heterocycles. The number of rotatable bonds is 0. The van der Waals surface area contributed by atoms with E-state index in [0.717, 1.165) is 0 Å². The van der Waals surface area contributed by atoms with Crippen LogP contribution in [-0.2, 0) is 4.74 Å². The molecule has 0 amide bonds. The molecule has 0 aliphatic carbocycles. The van der Waals surface area contributed by atoms with Crippen LogP contribution in [0.3, 0.4) is 0 Å². The number of hydrogen-bond acceptors (Lipinski definition) is 5. The van der Waals surface area contributed by atoms with Gasteiger partial charge in [0.05, 0.1) is 37.5 Å². The average Bonchev–Trinajstić information content (AvgIpc) is 2.13. The standard InChI is InChI=1S/C7H13NO4/c9-5-3-1-12-2-4(8-3)6(10)7(5)11/h3-11H,1-2H2/t3-,4+,5+,6-,7?. The van der Waals surface area contributed by atoms with Crippen molar-refractivity contribution in [2.45, 2.75) is 30.4 Å². The van der Waals surface area contributed by atoms with E-state index in [1.807, 2.05) is 0 Å². The number of fused-ring (bicyclic) bond motifs is 2. The van der Waals surface area contributed by atoms with Crippen molar-refractivity contribution in [3.8, 4) is 0 Å². The Bertz CT molecular complexity index is 149. The molecule has 0 aromatic rings. The molecule has 1 unspecified atom stereocenters. The Morgan fingerprint density at radius 2 is 1.42 bits per heavy atom. The molecule has 12 heavy (non-hydrogen) atoms. The first-order valence-corrected chi connectivity index (χ1v) is 4.08. The summed E-state index contributed by atoms with van der Waals surface area (Å²) in [7, 11) is 0. The maximum atomic E-state index is 9.41. The second kappa shape index (κ2) is 2.93. The summed E-state index contributed by atoms with van der Waals surface area (Å²) in [6.45, 7) is 0.781. The Kier molecular flexibility index (Phi) is 2.05. The molecule has 5 nitrogen and oxygen atoms in total. The fourth-order valence-corrected chi connectivity index (χ4v) is 1.77. The summed E-state index contributed by atoms with van der Waals surface area (Å²) in [6, 6.07) is -0.496. The highest BCUT2D eigenvalue weighted by atomic mass is 16.5. The number of piperidine rings is 1. The Morgan fingerprint density at radius 3 is 1.92 bits per heavy atom. The molecule has 2 bridgehead atoms. The summed E-state index contributed by atoms with van der Waals surface area (Å²) >= 11 is 0. The van der Waals surface area contributed by atoms with Crippen molar-refractivity contribution in [1.29, 1.82) is 0 Å². The highest BCUT2D eigenvalue weighted by Crippen LogP contribution is 2.19. The summed E-state index contributed by atoms with van der Waals surface area (Å²) in [6.07, 6.45) is -2.92. The van der Waals surface area contributed by atoms with Crippen molar-refractivity contribution in [3.63, 3.8) is 0 Å². The minimum absolute atomic E-state index is 0.248. The van der Waals surface area contributed by atoms with Gasteiger partial charge in [0.1, 0.15) is 6.10 Å². The molecule has 5 heteroatoms. The maximum absolute atomic E-state index is 9.41. The van der Waals surface area contributed by atoms with Crippen LogP contribution in [0, 0.1) is 0 Å². The van der Waals surface area contributed by atoms with E-state index in [0.29, 0.717) is 13.2 Å². The number of hydrogen-bond donors (Lipinski definition) is 4. The zero-order valence-corrected chi connectivity index (χ0v) is 6.55. The third-order valence-corrected chi connectivity index (χ3v) is 2.55. The molecule has 0 saturated carbocycles. The lowest BCUT2D eigenvalue weighted by Gasteiger charge is -2.44. The zero-order chi connectivity index (χ0) is 8.72. The van der Waals surface area contributed by atoms with Crippen LogP contribution in [-0.4, -0.2) is 58.9 Å². The van der Waals surface area contributed by atoms with Crippen molar-refractivity contribution in [2.24, 2.45) is 0 Å². The molecule has 0 spiro atoms. The number of nitrogens with one attached hydrogen (secondary N) is 1. The highest BCUT2D eigenvalue weighted by molar-refractivity contribution is 5.00. The van der Waals surface area contributed by atoms with Gasteiger partial charge in [0.15, 0.2) is 0 Å². The maximum Gasteiger partial charge on any atom is 0.109 e. The smallest absolute Gasteiger partial charge is 0.109 e. The van der Waals surface area contributed by atoms with Crippen molar-refractivity contribution in [3.05, 3.63) is 0 Å². The predicted molar refractivity (Wildman–Crippen MR) is 39.6 cm³/mol. The molecule has 0 radical (unpaired) electrons. The second-order valence-corrected chi connectivity index (χ2v) is 3.39. The lowest BCUT2D eigenvalue weighted by atomic mass is 9.89. The molecule has 5 atom stereocenters. The van der Waals surface area contributed by atoms with Gasteiger partial charge in [-0.1, -0.05) is 0 Å². The quantitative estimate of drug-likeness (QED) is 0.325. The molecule has 0 aromatic heterocycles. The van der Waals surface area contributed by atoms with Gasteiger partial charge in [0.2, 0.25) is 0 Å². The number of aliphatic hydroxyl groups excluding tert-OH is 3. The van der Waals surface area contributed by atoms with E-state index in [2.05, 4.69) is 5.32 Å². The van der Waals surface area contributed by atoms with Crippen LogP contribution >= 0.6 is 0 Å². The molecule has 70 valence electrons. The summed E-state index contributed by atoms with van der Waals surface area (Å²) < 4.78 is 5.13. The van der Waals surface area contributed by atoms with E-state index in [1.165, 1.54) is 0 Å². The summed E-state index contributed by atoms with van der Waals surface area (Å²) in [5.41, 5.74) is 0. The van der Waals surface area contributed by atoms with Gasteiger partial charge in [-0.05, 0) is 0 Å². The van der Waals surface area contributed by atoms with Gasteiger partial charge >= 0.3 is 0 Å². The zero-order valence-electron chi connectivity index (χ0n) is 6.55. The minimum Gasteiger partial charge on any atom is -0.389 e. The number of ether oxygens (including phenoxy) is 1. The van der Waals surface area contributed by atoms with Crippen LogP contribution in [0.5, 0.6) is 0 Å². The Labute approximate surface area is 70.0 Å². The van der Waals surface area contributed by atoms with Gasteiger partial charge in [-0.15, -0.1) is 0 Å². The fraction of sp³-hybridized carbons (Fsp3) is 1.00. The van der Waals surface area contributed by atoms with Gasteiger partial charge in [-0.3, -0.25) is 0 Å². The third kappa shape index (κ3) is 1.14. The number of morpholine rings is 1. The van der Waals surface area contributed by atoms with E-state index in [4.69, 9.17) is 4.74 Å². The summed E-state index contributed by atoms with van der Waals surface area (Å²) in [4.78, 5) is 0. The van der Waals surface area contributed by atoms with E-state index < -0.39 is 18.3 Å². The van der Waals surface area contributed by atoms with Crippen LogP contribution in [0.15, 0.2) is 0 Å². The van der Waals surface area contributed by atoms with E-state index in [-0.39, 0.29) is 12.1 Å². The first kappa shape index (κ1) is 8.40. The van der Waals surface area contributed by atoms with Crippen molar-refractivity contribution in [1.82, 2.24) is 5.32 Å². The molecular weight excluding hydrogens is 162 g/mol. The van der Waals surface area contributed by atoms with Crippen LogP contribution in [0.2, 0.25) is 0 Å². The van der Waals surface area contributed by atoms with Crippen LogP contribution in [0.1, 0.15) is 0 Å². The van der Waals surface area contributed by atoms with Gasteiger partial charge in [-0.2, -0.15) is 0 Å². The minimum atomic E-state index is -1.05. The summed E-state index contributed by atoms with van der Waals surface area (Å²) in [5.74, 6) is 0. The van der Waals surface area contributed by atoms with Crippen LogP contribution in [0.4, 0.5) is 0 Å². The molecular formula is C7H13NO4. The molecule has 2 aliphatic rings. The van der Waals surface area contributed by atoms with E-state index in [9.17, 15) is 15.3 Å². The highest BCUT2D eigenvalue weighted by Gasteiger charge is 2.44. The summed E-state index contributed by atoms with van der Waals surface area (Å²) in [5, 5.41) is 31.2. The van der Waals surface area contributed by atoms with Crippen LogP contribution in [0.25, 0.3) is 0 Å². The monoisotopic (exact) mass is 175 g/mol. The molecule has 2 rings (SSSR count). The average molecular weight is 175 g/mol. The Balaban J connectivity index is 2.13. The van der Waals surface area contributed by atoms with Crippen molar-refractivity contribution in [2.75, 3.05) is 13.2 Å². The van der Waals surface area contributed by atoms with Gasteiger partial charge in [0, 0.05) is 0 Å². The van der Waals surface area contributed by atoms with E-state index >= 15 is 0 Å². The normalized spacial score (nSPS) is 53.8. The predicted octanol–water partition coefficient (Wildman–Crippen LogP) is -2.56. The first-order valence-electron chi connectivity index (χ1n) is 4.08. The molecule has 2 aliphatic heterocycles. The lowest BCUT2D eigenvalue weighted by Crippen LogP contribution is -2.69.